The second-order valence-corrected chi connectivity index (χ2v) is 17.4. The molecule has 1 aromatic rings. The number of ether oxygens (including phenoxy) is 2. The summed E-state index contributed by atoms with van der Waals surface area (Å²) < 4.78 is 12.0. The van der Waals surface area contributed by atoms with Crippen molar-refractivity contribution in [3.05, 3.63) is 47.5 Å². The van der Waals surface area contributed by atoms with Crippen LogP contribution in [0.3, 0.4) is 0 Å². The van der Waals surface area contributed by atoms with E-state index in [9.17, 15) is 19.5 Å². The van der Waals surface area contributed by atoms with Gasteiger partial charge in [0.25, 0.3) is 0 Å². The normalized spacial score (nSPS) is 42.4. The van der Waals surface area contributed by atoms with Crippen molar-refractivity contribution in [3.63, 3.8) is 0 Å². The van der Waals surface area contributed by atoms with E-state index in [1.165, 1.54) is 30.9 Å². The Morgan fingerprint density at radius 3 is 2.17 bits per heavy atom. The van der Waals surface area contributed by atoms with Crippen LogP contribution in [0.1, 0.15) is 133 Å². The quantitative estimate of drug-likeness (QED) is 0.249. The Labute approximate surface area is 276 Å². The second kappa shape index (κ2) is 11.2. The van der Waals surface area contributed by atoms with Crippen molar-refractivity contribution in [1.82, 2.24) is 0 Å². The first kappa shape index (κ1) is 33.3. The van der Waals surface area contributed by atoms with Gasteiger partial charge in [-0.2, -0.15) is 0 Å². The summed E-state index contributed by atoms with van der Waals surface area (Å²) in [6.45, 7) is 21.1. The minimum atomic E-state index is -1.11. The summed E-state index contributed by atoms with van der Waals surface area (Å²) in [5.41, 5.74) is 1.74. The molecule has 5 fully saturated rings. The smallest absolute Gasteiger partial charge is 0.339 e. The van der Waals surface area contributed by atoms with E-state index in [0.717, 1.165) is 44.9 Å². The van der Waals surface area contributed by atoms with Crippen molar-refractivity contribution in [3.8, 4) is 0 Å². The highest BCUT2D eigenvalue weighted by atomic mass is 16.5. The molecule has 1 N–H and O–H groups in total. The fraction of sp³-hybridized carbons (Fsp3) is 0.725. The molecule has 6 nitrogen and oxygen atoms in total. The Hall–Kier alpha value is -2.63. The molecule has 0 aliphatic heterocycles. The molecule has 0 spiro atoms. The number of carboxylic acids is 1. The van der Waals surface area contributed by atoms with Crippen molar-refractivity contribution < 1.29 is 29.0 Å². The van der Waals surface area contributed by atoms with Crippen LogP contribution in [0.5, 0.6) is 0 Å². The average molecular weight is 633 g/mol. The molecule has 5 saturated carbocycles. The van der Waals surface area contributed by atoms with Crippen LogP contribution in [0.2, 0.25) is 0 Å². The lowest BCUT2D eigenvalue weighted by atomic mass is 9.32. The van der Waals surface area contributed by atoms with Crippen LogP contribution < -0.4 is 0 Å². The minimum absolute atomic E-state index is 0.00980. The minimum Gasteiger partial charge on any atom is -0.478 e. The molecule has 46 heavy (non-hydrogen) atoms. The highest BCUT2D eigenvalue weighted by molar-refractivity contribution is 6.02. The lowest BCUT2D eigenvalue weighted by molar-refractivity contribution is -0.251. The summed E-state index contributed by atoms with van der Waals surface area (Å²) in [6, 6.07) is 6.37. The first-order valence-corrected chi connectivity index (χ1v) is 17.8. The van der Waals surface area contributed by atoms with E-state index in [-0.39, 0.29) is 50.3 Å². The zero-order valence-electron chi connectivity index (χ0n) is 29.2. The Kier molecular flexibility index (Phi) is 8.12. The fourth-order valence-corrected chi connectivity index (χ4v) is 13.1. The van der Waals surface area contributed by atoms with Crippen LogP contribution in [0, 0.1) is 56.7 Å². The van der Waals surface area contributed by atoms with E-state index >= 15 is 0 Å². The Bertz CT molecular complexity index is 1430. The lowest BCUT2D eigenvalue weighted by Gasteiger charge is -2.73. The lowest BCUT2D eigenvalue weighted by Crippen LogP contribution is -2.67. The van der Waals surface area contributed by atoms with Crippen molar-refractivity contribution in [2.45, 2.75) is 119 Å². The maximum Gasteiger partial charge on any atom is 0.339 e. The van der Waals surface area contributed by atoms with Gasteiger partial charge in [0.2, 0.25) is 0 Å². The number of fused-ring (bicyclic) bond motifs is 7. The number of hydrogen-bond acceptors (Lipinski definition) is 5. The van der Waals surface area contributed by atoms with Crippen molar-refractivity contribution in [2.24, 2.45) is 56.7 Å². The molecule has 1 aromatic carbocycles. The van der Waals surface area contributed by atoms with E-state index in [4.69, 9.17) is 9.47 Å². The third-order valence-corrected chi connectivity index (χ3v) is 15.4. The molecule has 0 amide bonds. The molecule has 0 aromatic heterocycles. The molecule has 0 bridgehead atoms. The Balaban J connectivity index is 1.30. The first-order chi connectivity index (χ1) is 21.5. The summed E-state index contributed by atoms with van der Waals surface area (Å²) in [5, 5.41) is 9.68. The van der Waals surface area contributed by atoms with Crippen molar-refractivity contribution in [1.29, 1.82) is 0 Å². The van der Waals surface area contributed by atoms with E-state index in [2.05, 4.69) is 48.1 Å². The van der Waals surface area contributed by atoms with Gasteiger partial charge in [0.15, 0.2) is 0 Å². The van der Waals surface area contributed by atoms with Crippen LogP contribution in [-0.2, 0) is 14.3 Å². The van der Waals surface area contributed by atoms with Gasteiger partial charge in [0.05, 0.1) is 17.7 Å². The van der Waals surface area contributed by atoms with E-state index in [0.29, 0.717) is 36.2 Å². The first-order valence-electron chi connectivity index (χ1n) is 17.8. The predicted octanol–water partition coefficient (Wildman–Crippen LogP) is 9.13. The number of carbonyl (C=O) groups is 3. The third kappa shape index (κ3) is 4.73. The maximum absolute atomic E-state index is 13.4. The summed E-state index contributed by atoms with van der Waals surface area (Å²) in [4.78, 5) is 37.2. The summed E-state index contributed by atoms with van der Waals surface area (Å²) >= 11 is 0. The number of carboxylic acid groups (broad SMARTS) is 1. The zero-order chi connectivity index (χ0) is 33.4. The van der Waals surface area contributed by atoms with Gasteiger partial charge in [-0.25, -0.2) is 9.59 Å². The summed E-state index contributed by atoms with van der Waals surface area (Å²) in [7, 11) is 0. The molecule has 5 aliphatic rings. The largest absolute Gasteiger partial charge is 0.478 e. The number of benzene rings is 1. The third-order valence-electron chi connectivity index (χ3n) is 15.4. The molecule has 0 saturated heterocycles. The van der Waals surface area contributed by atoms with Gasteiger partial charge in [0.1, 0.15) is 6.10 Å². The number of esters is 2. The number of rotatable bonds is 6. The van der Waals surface area contributed by atoms with Gasteiger partial charge in [-0.3, -0.25) is 4.79 Å². The van der Waals surface area contributed by atoms with E-state index in [1.807, 2.05) is 0 Å². The molecular formula is C40H56O6. The van der Waals surface area contributed by atoms with E-state index in [1.54, 1.807) is 25.1 Å². The van der Waals surface area contributed by atoms with Gasteiger partial charge < -0.3 is 14.6 Å². The van der Waals surface area contributed by atoms with Crippen LogP contribution >= 0.6 is 0 Å². The molecule has 6 rings (SSSR count). The van der Waals surface area contributed by atoms with Crippen LogP contribution in [0.15, 0.2) is 36.4 Å². The molecular weight excluding hydrogens is 576 g/mol. The topological polar surface area (TPSA) is 89.9 Å². The standard InChI is InChI=1S/C40H56O6/c1-24(2)26-15-20-40(23-45-35(44)28-12-10-9-11-27(28)34(42)43)22-21-38(7)29(33(26)40)13-14-31-37(6)18-17-32(46-25(3)41)36(4,5)30(37)16-19-39(31,38)8/h9-12,26,29-33H,1,13-23H2,2-8H3,(H,42,43)/t26-,29+,30+,31+,32-,33+,37-,38-,39-,40+/m1/s1. The summed E-state index contributed by atoms with van der Waals surface area (Å²) in [5.74, 6) is 0.625. The SMILES string of the molecule is C=C(C)[C@H]1CC[C@@]2(COC(=O)c3ccccc3C(=O)O)CC[C@]3(C)[C@@H](CC[C@H]4[C@]5(C)CC[C@@H](OC(C)=O)C(C)(C)[C@@H]5CC[C@]43C)[C@H]12. The molecule has 0 radical (unpaired) electrons. The van der Waals surface area contributed by atoms with Crippen molar-refractivity contribution in [2.75, 3.05) is 6.61 Å². The van der Waals surface area contributed by atoms with Gasteiger partial charge in [-0.15, -0.1) is 0 Å². The molecule has 10 atom stereocenters. The number of allylic oxidation sites excluding steroid dienone is 1. The highest BCUT2D eigenvalue weighted by Crippen LogP contribution is 2.77. The molecule has 0 unspecified atom stereocenters. The van der Waals surface area contributed by atoms with Gasteiger partial charge in [-0.05, 0) is 129 Å². The van der Waals surface area contributed by atoms with Gasteiger partial charge in [0, 0.05) is 17.8 Å². The Morgan fingerprint density at radius 2 is 1.52 bits per heavy atom. The van der Waals surface area contributed by atoms with Gasteiger partial charge in [-0.1, -0.05) is 58.9 Å². The predicted molar refractivity (Wildman–Crippen MR) is 178 cm³/mol. The number of aromatic carboxylic acids is 1. The molecule has 252 valence electrons. The van der Waals surface area contributed by atoms with Gasteiger partial charge >= 0.3 is 17.9 Å². The average Bonchev–Trinajstić information content (AvgIpc) is 3.38. The molecule has 5 aliphatic carbocycles. The molecule has 6 heteroatoms. The van der Waals surface area contributed by atoms with Crippen LogP contribution in [0.4, 0.5) is 0 Å². The molecule has 0 heterocycles. The Morgan fingerprint density at radius 1 is 0.826 bits per heavy atom. The van der Waals surface area contributed by atoms with Crippen LogP contribution in [0.25, 0.3) is 0 Å². The van der Waals surface area contributed by atoms with Crippen molar-refractivity contribution >= 4 is 17.9 Å². The monoisotopic (exact) mass is 632 g/mol. The second-order valence-electron chi connectivity index (χ2n) is 17.4. The fourth-order valence-electron chi connectivity index (χ4n) is 13.1. The van der Waals surface area contributed by atoms with E-state index < -0.39 is 11.9 Å². The maximum atomic E-state index is 13.4. The number of carbonyl (C=O) groups excluding carboxylic acids is 2. The summed E-state index contributed by atoms with van der Waals surface area (Å²) in [6.07, 6.45) is 11.0. The highest BCUT2D eigenvalue weighted by Gasteiger charge is 2.71. The zero-order valence-corrected chi connectivity index (χ0v) is 29.2. The number of hydrogen-bond donors (Lipinski definition) is 1. The van der Waals surface area contributed by atoms with Crippen LogP contribution in [-0.4, -0.2) is 35.7 Å².